The zero-order valence-corrected chi connectivity index (χ0v) is 9.07. The Bertz CT molecular complexity index is 630. The summed E-state index contributed by atoms with van der Waals surface area (Å²) in [5.41, 5.74) is 9.13. The van der Waals surface area contributed by atoms with E-state index in [1.54, 1.807) is 11.3 Å². The van der Waals surface area contributed by atoms with Gasteiger partial charge in [-0.25, -0.2) is 4.98 Å². The van der Waals surface area contributed by atoms with Crippen LogP contribution in [-0.4, -0.2) is 15.1 Å². The molecule has 0 aliphatic carbocycles. The number of hydrogen-bond acceptors (Lipinski definition) is 6. The van der Waals surface area contributed by atoms with Gasteiger partial charge in [-0.3, -0.25) is 0 Å². The molecule has 2 aromatic heterocycles. The largest absolute Gasteiger partial charge is 0.338 e. The van der Waals surface area contributed by atoms with Crippen LogP contribution in [-0.2, 0) is 6.54 Å². The molecule has 2 N–H and O–H groups in total. The SMILES string of the molecule is NCc1nc(-c2ccc3ncsc3c2)no1. The highest BCUT2D eigenvalue weighted by Crippen LogP contribution is 2.24. The molecule has 0 fully saturated rings. The van der Waals surface area contributed by atoms with Gasteiger partial charge in [0.1, 0.15) is 0 Å². The number of rotatable bonds is 2. The molecule has 0 amide bonds. The number of benzene rings is 1. The van der Waals surface area contributed by atoms with Crippen LogP contribution in [0.3, 0.4) is 0 Å². The van der Waals surface area contributed by atoms with Crippen molar-refractivity contribution in [3.63, 3.8) is 0 Å². The molecule has 16 heavy (non-hydrogen) atoms. The predicted molar refractivity (Wildman–Crippen MR) is 60.8 cm³/mol. The van der Waals surface area contributed by atoms with E-state index < -0.39 is 0 Å². The van der Waals surface area contributed by atoms with Crippen molar-refractivity contribution in [2.75, 3.05) is 0 Å². The fraction of sp³-hybridized carbons (Fsp3) is 0.100. The Morgan fingerprint density at radius 1 is 1.38 bits per heavy atom. The minimum Gasteiger partial charge on any atom is -0.338 e. The molecule has 6 heteroatoms. The Morgan fingerprint density at radius 2 is 2.31 bits per heavy atom. The highest BCUT2D eigenvalue weighted by Gasteiger charge is 2.08. The van der Waals surface area contributed by atoms with Crippen LogP contribution in [0.1, 0.15) is 5.89 Å². The molecule has 0 spiro atoms. The van der Waals surface area contributed by atoms with Gasteiger partial charge < -0.3 is 10.3 Å². The van der Waals surface area contributed by atoms with Crippen molar-refractivity contribution >= 4 is 21.6 Å². The first-order valence-electron chi connectivity index (χ1n) is 4.73. The molecule has 0 aliphatic heterocycles. The minimum absolute atomic E-state index is 0.260. The Balaban J connectivity index is 2.10. The first kappa shape index (κ1) is 9.44. The highest BCUT2D eigenvalue weighted by atomic mass is 32.1. The fourth-order valence-electron chi connectivity index (χ4n) is 1.45. The van der Waals surface area contributed by atoms with Crippen LogP contribution in [0.5, 0.6) is 0 Å². The van der Waals surface area contributed by atoms with Gasteiger partial charge >= 0.3 is 0 Å². The maximum Gasteiger partial charge on any atom is 0.240 e. The van der Waals surface area contributed by atoms with Crippen LogP contribution in [0.25, 0.3) is 21.6 Å². The van der Waals surface area contributed by atoms with Crippen molar-refractivity contribution in [2.24, 2.45) is 5.73 Å². The standard InChI is InChI=1S/C10H8N4OS/c11-4-9-13-10(14-15-9)6-1-2-7-8(3-6)16-5-12-7/h1-3,5H,4,11H2. The van der Waals surface area contributed by atoms with E-state index in [1.165, 1.54) is 0 Å². The van der Waals surface area contributed by atoms with Gasteiger partial charge in [0.15, 0.2) is 0 Å². The van der Waals surface area contributed by atoms with Crippen LogP contribution in [0.4, 0.5) is 0 Å². The quantitative estimate of drug-likeness (QED) is 0.729. The van der Waals surface area contributed by atoms with Crippen molar-refractivity contribution in [3.05, 3.63) is 29.6 Å². The summed E-state index contributed by atoms with van der Waals surface area (Å²) in [6, 6.07) is 5.87. The molecular formula is C10H8N4OS. The van der Waals surface area contributed by atoms with E-state index in [9.17, 15) is 0 Å². The Morgan fingerprint density at radius 3 is 3.12 bits per heavy atom. The zero-order chi connectivity index (χ0) is 11.0. The molecule has 80 valence electrons. The normalized spacial score (nSPS) is 11.1. The lowest BCUT2D eigenvalue weighted by Crippen LogP contribution is -1.95. The third-order valence-electron chi connectivity index (χ3n) is 2.23. The highest BCUT2D eigenvalue weighted by molar-refractivity contribution is 7.16. The average molecular weight is 232 g/mol. The van der Waals surface area contributed by atoms with Crippen molar-refractivity contribution in [3.8, 4) is 11.4 Å². The van der Waals surface area contributed by atoms with Crippen molar-refractivity contribution in [2.45, 2.75) is 6.54 Å². The van der Waals surface area contributed by atoms with Crippen LogP contribution in [0.15, 0.2) is 28.2 Å². The summed E-state index contributed by atoms with van der Waals surface area (Å²) >= 11 is 1.59. The maximum absolute atomic E-state index is 5.41. The van der Waals surface area contributed by atoms with Crippen LogP contribution >= 0.6 is 11.3 Å². The van der Waals surface area contributed by atoms with E-state index in [2.05, 4.69) is 15.1 Å². The van der Waals surface area contributed by atoms with Gasteiger partial charge in [-0.2, -0.15) is 4.98 Å². The minimum atomic E-state index is 0.260. The lowest BCUT2D eigenvalue weighted by Gasteiger charge is -1.93. The number of nitrogens with zero attached hydrogens (tertiary/aromatic N) is 3. The molecule has 0 bridgehead atoms. The lowest BCUT2D eigenvalue weighted by molar-refractivity contribution is 0.380. The monoisotopic (exact) mass is 232 g/mol. The van der Waals surface area contributed by atoms with Gasteiger partial charge in [0, 0.05) is 5.56 Å². The molecule has 0 saturated heterocycles. The van der Waals surface area contributed by atoms with Crippen molar-refractivity contribution < 1.29 is 4.52 Å². The second-order valence-electron chi connectivity index (χ2n) is 3.25. The topological polar surface area (TPSA) is 77.8 Å². The second-order valence-corrected chi connectivity index (χ2v) is 4.14. The maximum atomic E-state index is 5.41. The van der Waals surface area contributed by atoms with E-state index in [4.69, 9.17) is 10.3 Å². The zero-order valence-electron chi connectivity index (χ0n) is 8.25. The summed E-state index contributed by atoms with van der Waals surface area (Å²) in [5, 5.41) is 3.87. The second kappa shape index (κ2) is 3.66. The first-order chi connectivity index (χ1) is 7.86. The Labute approximate surface area is 94.9 Å². The summed E-state index contributed by atoms with van der Waals surface area (Å²) in [5.74, 6) is 1.01. The lowest BCUT2D eigenvalue weighted by atomic mass is 10.2. The van der Waals surface area contributed by atoms with Gasteiger partial charge in [-0.15, -0.1) is 11.3 Å². The molecule has 0 atom stereocenters. The van der Waals surface area contributed by atoms with Crippen LogP contribution < -0.4 is 5.73 Å². The first-order valence-corrected chi connectivity index (χ1v) is 5.61. The predicted octanol–water partition coefficient (Wildman–Crippen LogP) is 1.80. The molecule has 5 nitrogen and oxygen atoms in total. The summed E-state index contributed by atoms with van der Waals surface area (Å²) in [4.78, 5) is 8.38. The van der Waals surface area contributed by atoms with Crippen molar-refractivity contribution in [1.82, 2.24) is 15.1 Å². The molecule has 0 aliphatic rings. The van der Waals surface area contributed by atoms with Gasteiger partial charge in [0.25, 0.3) is 0 Å². The summed E-state index contributed by atoms with van der Waals surface area (Å²) in [6.07, 6.45) is 0. The van der Waals surface area contributed by atoms with E-state index in [1.807, 2.05) is 23.7 Å². The molecule has 0 unspecified atom stereocenters. The van der Waals surface area contributed by atoms with Gasteiger partial charge in [0.2, 0.25) is 11.7 Å². The summed E-state index contributed by atoms with van der Waals surface area (Å²) in [7, 11) is 0. The number of thiazole rings is 1. The number of aromatic nitrogens is 3. The molecule has 0 saturated carbocycles. The van der Waals surface area contributed by atoms with E-state index >= 15 is 0 Å². The van der Waals surface area contributed by atoms with Gasteiger partial charge in [-0.05, 0) is 18.2 Å². The van der Waals surface area contributed by atoms with E-state index in [-0.39, 0.29) is 6.54 Å². The number of hydrogen-bond donors (Lipinski definition) is 1. The summed E-state index contributed by atoms with van der Waals surface area (Å²) < 4.78 is 6.07. The van der Waals surface area contributed by atoms with E-state index in [0.29, 0.717) is 11.7 Å². The molecule has 1 aromatic carbocycles. The smallest absolute Gasteiger partial charge is 0.240 e. The summed E-state index contributed by atoms with van der Waals surface area (Å²) in [6.45, 7) is 0.260. The Hall–Kier alpha value is -1.79. The molecule has 3 aromatic rings. The third kappa shape index (κ3) is 1.48. The van der Waals surface area contributed by atoms with Crippen molar-refractivity contribution in [1.29, 1.82) is 0 Å². The van der Waals surface area contributed by atoms with Gasteiger partial charge in [0.05, 0.1) is 22.3 Å². The molecular weight excluding hydrogens is 224 g/mol. The molecule has 3 rings (SSSR count). The Kier molecular flexibility index (Phi) is 2.16. The third-order valence-corrected chi connectivity index (χ3v) is 3.02. The fourth-order valence-corrected chi connectivity index (χ4v) is 2.17. The average Bonchev–Trinajstić information content (AvgIpc) is 2.96. The molecule has 0 radical (unpaired) electrons. The number of fused-ring (bicyclic) bond motifs is 1. The number of nitrogens with two attached hydrogens (primary N) is 1. The van der Waals surface area contributed by atoms with Crippen LogP contribution in [0.2, 0.25) is 0 Å². The van der Waals surface area contributed by atoms with Gasteiger partial charge in [-0.1, -0.05) is 5.16 Å². The van der Waals surface area contributed by atoms with Crippen LogP contribution in [0, 0.1) is 0 Å². The van der Waals surface area contributed by atoms with E-state index in [0.717, 1.165) is 15.8 Å². The molecule has 2 heterocycles.